The fraction of sp³-hybridized carbons (Fsp3) is 0.810. The van der Waals surface area contributed by atoms with Crippen molar-refractivity contribution in [2.45, 2.75) is 200 Å². The van der Waals surface area contributed by atoms with E-state index >= 15 is 0 Å². The molecule has 0 saturated heterocycles. The van der Waals surface area contributed by atoms with Crippen LogP contribution in [-0.4, -0.2) is 43.3 Å². The number of hydrogen-bond donors (Lipinski definition) is 1. The normalized spacial score (nSPS) is 13.7. The molecule has 0 aliphatic heterocycles. The number of rotatable bonds is 38. The summed E-state index contributed by atoms with van der Waals surface area (Å²) in [6.45, 7) is 3.76. The fourth-order valence-corrected chi connectivity index (χ4v) is 6.19. The summed E-state index contributed by atoms with van der Waals surface area (Å²) < 4.78 is 31.9. The lowest BCUT2D eigenvalue weighted by Gasteiger charge is -2.19. The van der Waals surface area contributed by atoms with Crippen molar-refractivity contribution in [3.8, 4) is 0 Å². The first-order chi connectivity index (χ1) is 24.8. The van der Waals surface area contributed by atoms with E-state index in [1.807, 2.05) is 0 Å². The summed E-state index contributed by atoms with van der Waals surface area (Å²) >= 11 is 0. The summed E-state index contributed by atoms with van der Waals surface area (Å²) in [5.41, 5.74) is 0. The second-order valence-electron chi connectivity index (χ2n) is 13.7. The molecule has 0 aromatic heterocycles. The zero-order valence-corrected chi connectivity index (χ0v) is 33.9. The van der Waals surface area contributed by atoms with Gasteiger partial charge in [0, 0.05) is 20.0 Å². The first kappa shape index (κ1) is 49.3. The predicted molar refractivity (Wildman–Crippen MR) is 212 cm³/mol. The number of phosphoric ester groups is 1. The van der Waals surface area contributed by atoms with Gasteiger partial charge >= 0.3 is 19.8 Å². The molecule has 0 bridgehead atoms. The second kappa shape index (κ2) is 38.0. The van der Waals surface area contributed by atoms with Crippen LogP contribution in [0.3, 0.4) is 0 Å². The average molecular weight is 741 g/mol. The van der Waals surface area contributed by atoms with Crippen LogP contribution in [0.4, 0.5) is 0 Å². The summed E-state index contributed by atoms with van der Waals surface area (Å²) in [4.78, 5) is 34.4. The third-order valence-electron chi connectivity index (χ3n) is 8.90. The van der Waals surface area contributed by atoms with Crippen LogP contribution in [0, 0.1) is 0 Å². The molecule has 1 N–H and O–H groups in total. The van der Waals surface area contributed by atoms with Crippen molar-refractivity contribution in [2.24, 2.45) is 0 Å². The van der Waals surface area contributed by atoms with Gasteiger partial charge in [0.25, 0.3) is 0 Å². The van der Waals surface area contributed by atoms with E-state index in [1.165, 1.54) is 103 Å². The number of unbranched alkanes of at least 4 members (excludes halogenated alkanes) is 21. The number of allylic oxidation sites excluding steroid dienone is 6. The summed E-state index contributed by atoms with van der Waals surface area (Å²) in [6, 6.07) is 0. The van der Waals surface area contributed by atoms with E-state index in [9.17, 15) is 19.0 Å². The third-order valence-corrected chi connectivity index (χ3v) is 9.84. The summed E-state index contributed by atoms with van der Waals surface area (Å²) in [6.07, 6.45) is 43.5. The van der Waals surface area contributed by atoms with Crippen LogP contribution in [0.2, 0.25) is 0 Å². The molecule has 0 aliphatic carbocycles. The van der Waals surface area contributed by atoms with Crippen molar-refractivity contribution < 1.29 is 37.6 Å². The first-order valence-electron chi connectivity index (χ1n) is 20.7. The monoisotopic (exact) mass is 741 g/mol. The van der Waals surface area contributed by atoms with E-state index in [4.69, 9.17) is 14.0 Å². The molecule has 0 saturated carbocycles. The third kappa shape index (κ3) is 37.8. The number of phosphoric acid groups is 1. The Morgan fingerprint density at radius 2 is 1.00 bits per heavy atom. The topological polar surface area (TPSA) is 108 Å². The minimum atomic E-state index is -4.26. The second-order valence-corrected chi connectivity index (χ2v) is 15.3. The molecule has 298 valence electrons. The van der Waals surface area contributed by atoms with Gasteiger partial charge in [0.2, 0.25) is 0 Å². The SMILES string of the molecule is CC/C=C\C/C=C\C/C=C\CCCCCC(=O)OC(COC(=O)CCCCCCCCCCCCCCCCCCCCC)COP(=O)(O)OC. The number of esters is 2. The van der Waals surface area contributed by atoms with Gasteiger partial charge in [0.1, 0.15) is 6.61 Å². The summed E-state index contributed by atoms with van der Waals surface area (Å²) in [5, 5.41) is 0. The maximum atomic E-state index is 12.4. The largest absolute Gasteiger partial charge is 0.472 e. The highest BCUT2D eigenvalue weighted by Crippen LogP contribution is 2.42. The van der Waals surface area contributed by atoms with Gasteiger partial charge in [-0.1, -0.05) is 172 Å². The van der Waals surface area contributed by atoms with Gasteiger partial charge in [0.15, 0.2) is 6.10 Å². The van der Waals surface area contributed by atoms with E-state index < -0.39 is 26.5 Å². The average Bonchev–Trinajstić information content (AvgIpc) is 3.12. The minimum Gasteiger partial charge on any atom is -0.462 e. The maximum absolute atomic E-state index is 12.4. The van der Waals surface area contributed by atoms with Gasteiger partial charge in [-0.15, -0.1) is 0 Å². The standard InChI is InChI=1S/C42H77O8P/c1-4-6-8-10-12-14-16-18-19-20-21-22-23-25-26-28-30-32-34-36-41(43)48-38-40(39-49-51(45,46)47-3)50-42(44)37-35-33-31-29-27-24-17-15-13-11-9-7-5-2/h7,9,13,15,24,27,40H,4-6,8,10-12,14,16-23,25-26,28-39H2,1-3H3,(H,45,46)/b9-7-,15-13-,27-24-. The van der Waals surface area contributed by atoms with Crippen LogP contribution >= 0.6 is 7.82 Å². The zero-order chi connectivity index (χ0) is 37.5. The van der Waals surface area contributed by atoms with Crippen molar-refractivity contribution in [3.63, 3.8) is 0 Å². The Balaban J connectivity index is 3.98. The van der Waals surface area contributed by atoms with Crippen LogP contribution in [-0.2, 0) is 32.7 Å². The van der Waals surface area contributed by atoms with Crippen molar-refractivity contribution in [3.05, 3.63) is 36.5 Å². The highest BCUT2D eigenvalue weighted by molar-refractivity contribution is 7.47. The van der Waals surface area contributed by atoms with Crippen molar-refractivity contribution in [1.82, 2.24) is 0 Å². The molecule has 0 aromatic rings. The van der Waals surface area contributed by atoms with Crippen molar-refractivity contribution in [1.29, 1.82) is 0 Å². The fourth-order valence-electron chi connectivity index (χ4n) is 5.73. The van der Waals surface area contributed by atoms with E-state index in [0.717, 1.165) is 64.9 Å². The molecule has 8 nitrogen and oxygen atoms in total. The van der Waals surface area contributed by atoms with Crippen LogP contribution < -0.4 is 0 Å². The van der Waals surface area contributed by atoms with E-state index in [2.05, 4.69) is 54.8 Å². The molecule has 0 rings (SSSR count). The summed E-state index contributed by atoms with van der Waals surface area (Å²) in [5.74, 6) is -0.833. The molecule has 9 heteroatoms. The molecule has 0 aliphatic rings. The Bertz CT molecular complexity index is 932. The van der Waals surface area contributed by atoms with Crippen molar-refractivity contribution in [2.75, 3.05) is 20.3 Å². The van der Waals surface area contributed by atoms with Crippen LogP contribution in [0.15, 0.2) is 36.5 Å². The number of hydrogen-bond acceptors (Lipinski definition) is 7. The molecule has 2 atom stereocenters. The van der Waals surface area contributed by atoms with Gasteiger partial charge in [-0.2, -0.15) is 0 Å². The predicted octanol–water partition coefficient (Wildman–Crippen LogP) is 12.8. The van der Waals surface area contributed by atoms with E-state index in [1.54, 1.807) is 0 Å². The lowest BCUT2D eigenvalue weighted by atomic mass is 10.0. The van der Waals surface area contributed by atoms with Crippen molar-refractivity contribution >= 4 is 19.8 Å². The molecule has 0 fully saturated rings. The molecule has 0 radical (unpaired) electrons. The van der Waals surface area contributed by atoms with E-state index in [0.29, 0.717) is 6.42 Å². The van der Waals surface area contributed by atoms with Crippen LogP contribution in [0.5, 0.6) is 0 Å². The zero-order valence-electron chi connectivity index (χ0n) is 33.0. The minimum absolute atomic E-state index is 0.211. The smallest absolute Gasteiger partial charge is 0.462 e. The summed E-state index contributed by atoms with van der Waals surface area (Å²) in [7, 11) is -3.21. The molecule has 0 amide bonds. The molecule has 0 heterocycles. The highest BCUT2D eigenvalue weighted by atomic mass is 31.2. The molecule has 0 spiro atoms. The Labute approximate surface area is 313 Å². The van der Waals surface area contributed by atoms with Gasteiger partial charge in [-0.3, -0.25) is 18.6 Å². The lowest BCUT2D eigenvalue weighted by molar-refractivity contribution is -0.161. The van der Waals surface area contributed by atoms with Gasteiger partial charge in [-0.25, -0.2) is 4.57 Å². The lowest BCUT2D eigenvalue weighted by Crippen LogP contribution is -2.29. The Hall–Kier alpha value is -1.73. The number of carbonyl (C=O) groups excluding carboxylic acids is 2. The van der Waals surface area contributed by atoms with E-state index in [-0.39, 0.29) is 25.4 Å². The quantitative estimate of drug-likeness (QED) is 0.0288. The first-order valence-corrected chi connectivity index (χ1v) is 22.2. The van der Waals surface area contributed by atoms with Gasteiger partial charge in [-0.05, 0) is 44.9 Å². The Kier molecular flexibility index (Phi) is 36.7. The number of ether oxygens (including phenoxy) is 2. The molecule has 2 unspecified atom stereocenters. The number of carbonyl (C=O) groups is 2. The van der Waals surface area contributed by atoms with Gasteiger partial charge in [0.05, 0.1) is 6.61 Å². The highest BCUT2D eigenvalue weighted by Gasteiger charge is 2.24. The van der Waals surface area contributed by atoms with Gasteiger partial charge < -0.3 is 14.4 Å². The molecule has 51 heavy (non-hydrogen) atoms. The molecular weight excluding hydrogens is 663 g/mol. The van der Waals surface area contributed by atoms with Crippen LogP contribution in [0.1, 0.15) is 194 Å². The maximum Gasteiger partial charge on any atom is 0.472 e. The molecular formula is C42H77O8P. The Morgan fingerprint density at radius 3 is 1.49 bits per heavy atom. The Morgan fingerprint density at radius 1 is 0.569 bits per heavy atom. The molecule has 0 aromatic carbocycles. The van der Waals surface area contributed by atoms with Crippen LogP contribution in [0.25, 0.3) is 0 Å².